The van der Waals surface area contributed by atoms with Gasteiger partial charge in [-0.25, -0.2) is 4.39 Å². The van der Waals surface area contributed by atoms with Crippen molar-refractivity contribution in [3.8, 4) is 0 Å². The van der Waals surface area contributed by atoms with Gasteiger partial charge >= 0.3 is 0 Å². The first-order valence-electron chi connectivity index (χ1n) is 6.33. The summed E-state index contributed by atoms with van der Waals surface area (Å²) < 4.78 is 13.2. The minimum Gasteiger partial charge on any atom is -0.294 e. The molecule has 0 saturated carbocycles. The van der Waals surface area contributed by atoms with Crippen LogP contribution in [0.3, 0.4) is 0 Å². The van der Waals surface area contributed by atoms with Crippen molar-refractivity contribution >= 4 is 5.78 Å². The summed E-state index contributed by atoms with van der Waals surface area (Å²) in [6.07, 6.45) is 0.244. The van der Waals surface area contributed by atoms with Crippen molar-refractivity contribution in [3.63, 3.8) is 0 Å². The van der Waals surface area contributed by atoms with Crippen molar-refractivity contribution in [1.29, 1.82) is 0 Å². The van der Waals surface area contributed by atoms with Crippen LogP contribution in [-0.2, 0) is 6.42 Å². The second-order valence-electron chi connectivity index (χ2n) is 4.99. The van der Waals surface area contributed by atoms with Gasteiger partial charge in [0.25, 0.3) is 0 Å². The summed E-state index contributed by atoms with van der Waals surface area (Å²) in [5.41, 5.74) is 4.52. The Morgan fingerprint density at radius 3 is 2.42 bits per heavy atom. The molecule has 2 aromatic rings. The maximum absolute atomic E-state index is 13.2. The Labute approximate surface area is 113 Å². The summed E-state index contributed by atoms with van der Waals surface area (Å²) in [4.78, 5) is 12.3. The van der Waals surface area contributed by atoms with Crippen LogP contribution in [0.2, 0.25) is 0 Å². The molecular weight excluding hydrogens is 239 g/mol. The average Bonchev–Trinajstić information content (AvgIpc) is 2.33. The van der Waals surface area contributed by atoms with Crippen molar-refractivity contribution in [2.75, 3.05) is 0 Å². The third-order valence-electron chi connectivity index (χ3n) is 3.34. The number of ketones is 1. The van der Waals surface area contributed by atoms with Crippen molar-refractivity contribution < 1.29 is 9.18 Å². The van der Waals surface area contributed by atoms with E-state index in [4.69, 9.17) is 0 Å². The molecule has 0 spiro atoms. The van der Waals surface area contributed by atoms with E-state index in [9.17, 15) is 9.18 Å². The van der Waals surface area contributed by atoms with Crippen molar-refractivity contribution in [2.24, 2.45) is 0 Å². The van der Waals surface area contributed by atoms with E-state index < -0.39 is 0 Å². The van der Waals surface area contributed by atoms with Crippen LogP contribution in [0.25, 0.3) is 0 Å². The Balaban J connectivity index is 2.28. The zero-order chi connectivity index (χ0) is 14.0. The van der Waals surface area contributed by atoms with Gasteiger partial charge in [0.2, 0.25) is 0 Å². The largest absolute Gasteiger partial charge is 0.294 e. The monoisotopic (exact) mass is 256 g/mol. The van der Waals surface area contributed by atoms with E-state index in [0.29, 0.717) is 5.56 Å². The van der Waals surface area contributed by atoms with Crippen LogP contribution in [0, 0.1) is 26.6 Å². The molecule has 0 aromatic heterocycles. The second-order valence-corrected chi connectivity index (χ2v) is 4.99. The lowest BCUT2D eigenvalue weighted by atomic mass is 9.96. The molecule has 98 valence electrons. The molecule has 2 rings (SSSR count). The minimum absolute atomic E-state index is 0.0335. The first-order valence-corrected chi connectivity index (χ1v) is 6.33. The van der Waals surface area contributed by atoms with Crippen LogP contribution in [0.4, 0.5) is 4.39 Å². The molecule has 0 N–H and O–H groups in total. The zero-order valence-corrected chi connectivity index (χ0v) is 11.5. The Kier molecular flexibility index (Phi) is 3.79. The zero-order valence-electron chi connectivity index (χ0n) is 11.5. The van der Waals surface area contributed by atoms with Crippen molar-refractivity contribution in [3.05, 3.63) is 70.0 Å². The fourth-order valence-corrected chi connectivity index (χ4v) is 2.23. The van der Waals surface area contributed by atoms with Gasteiger partial charge in [-0.2, -0.15) is 0 Å². The Morgan fingerprint density at radius 1 is 1.00 bits per heavy atom. The lowest BCUT2D eigenvalue weighted by molar-refractivity contribution is 0.0992. The molecule has 0 bridgehead atoms. The van der Waals surface area contributed by atoms with Gasteiger partial charge < -0.3 is 0 Å². The van der Waals surface area contributed by atoms with E-state index in [2.05, 4.69) is 0 Å². The molecule has 0 fully saturated rings. The van der Waals surface area contributed by atoms with E-state index >= 15 is 0 Å². The standard InChI is InChI=1S/C17H17FO/c1-11-4-7-16(13(3)8-11)17(19)10-14-9-15(18)6-5-12(14)2/h4-9H,10H2,1-3H3. The molecule has 2 aromatic carbocycles. The number of carbonyl (C=O) groups is 1. The van der Waals surface area contributed by atoms with E-state index in [1.54, 1.807) is 6.07 Å². The van der Waals surface area contributed by atoms with E-state index in [1.165, 1.54) is 12.1 Å². The molecule has 1 nitrogen and oxygen atoms in total. The van der Waals surface area contributed by atoms with Crippen LogP contribution in [0.1, 0.15) is 32.6 Å². The van der Waals surface area contributed by atoms with Crippen LogP contribution < -0.4 is 0 Å². The Hall–Kier alpha value is -1.96. The number of aryl methyl sites for hydroxylation is 3. The molecule has 0 unspecified atom stereocenters. The molecule has 0 amide bonds. The summed E-state index contributed by atoms with van der Waals surface area (Å²) >= 11 is 0. The predicted molar refractivity (Wildman–Crippen MR) is 75.1 cm³/mol. The van der Waals surface area contributed by atoms with E-state index in [-0.39, 0.29) is 18.0 Å². The summed E-state index contributed by atoms with van der Waals surface area (Å²) in [6.45, 7) is 5.82. The van der Waals surface area contributed by atoms with Crippen LogP contribution in [0.15, 0.2) is 36.4 Å². The third kappa shape index (κ3) is 3.08. The highest BCUT2D eigenvalue weighted by atomic mass is 19.1. The van der Waals surface area contributed by atoms with E-state index in [0.717, 1.165) is 22.3 Å². The van der Waals surface area contributed by atoms with Gasteiger partial charge in [0.1, 0.15) is 5.82 Å². The molecule has 0 atom stereocenters. The molecule has 0 radical (unpaired) electrons. The molecule has 0 saturated heterocycles. The van der Waals surface area contributed by atoms with E-state index in [1.807, 2.05) is 39.0 Å². The molecule has 2 heteroatoms. The van der Waals surface area contributed by atoms with Crippen LogP contribution in [-0.4, -0.2) is 5.78 Å². The highest BCUT2D eigenvalue weighted by Gasteiger charge is 2.12. The number of hydrogen-bond donors (Lipinski definition) is 0. The molecule has 0 heterocycles. The molecule has 0 aliphatic heterocycles. The Morgan fingerprint density at radius 2 is 1.74 bits per heavy atom. The van der Waals surface area contributed by atoms with Gasteiger partial charge in [-0.05, 0) is 49.6 Å². The van der Waals surface area contributed by atoms with Crippen LogP contribution >= 0.6 is 0 Å². The molecular formula is C17H17FO. The fraction of sp³-hybridized carbons (Fsp3) is 0.235. The number of benzene rings is 2. The predicted octanol–water partition coefficient (Wildman–Crippen LogP) is 4.18. The number of Topliss-reactive ketones (excluding diaryl/α,β-unsaturated/α-hetero) is 1. The van der Waals surface area contributed by atoms with Gasteiger partial charge in [-0.15, -0.1) is 0 Å². The summed E-state index contributed by atoms with van der Waals surface area (Å²) in [5.74, 6) is -0.264. The van der Waals surface area contributed by atoms with Gasteiger partial charge in [-0.3, -0.25) is 4.79 Å². The summed E-state index contributed by atoms with van der Waals surface area (Å²) in [6, 6.07) is 10.3. The maximum atomic E-state index is 13.2. The first kappa shape index (κ1) is 13.5. The normalized spacial score (nSPS) is 10.5. The number of halogens is 1. The first-order chi connectivity index (χ1) is 8.97. The smallest absolute Gasteiger partial charge is 0.167 e. The van der Waals surface area contributed by atoms with Crippen LogP contribution in [0.5, 0.6) is 0 Å². The number of rotatable bonds is 3. The minimum atomic E-state index is -0.297. The number of hydrogen-bond acceptors (Lipinski definition) is 1. The maximum Gasteiger partial charge on any atom is 0.167 e. The fourth-order valence-electron chi connectivity index (χ4n) is 2.23. The average molecular weight is 256 g/mol. The lowest BCUT2D eigenvalue weighted by Crippen LogP contribution is -2.07. The SMILES string of the molecule is Cc1ccc(C(=O)Cc2cc(F)ccc2C)c(C)c1. The topological polar surface area (TPSA) is 17.1 Å². The molecule has 0 aliphatic rings. The Bertz CT molecular complexity index is 629. The highest BCUT2D eigenvalue weighted by molar-refractivity contribution is 5.99. The molecule has 19 heavy (non-hydrogen) atoms. The summed E-state index contributed by atoms with van der Waals surface area (Å²) in [5, 5.41) is 0. The van der Waals surface area contributed by atoms with Gasteiger partial charge in [0, 0.05) is 12.0 Å². The quantitative estimate of drug-likeness (QED) is 0.753. The van der Waals surface area contributed by atoms with Crippen molar-refractivity contribution in [1.82, 2.24) is 0 Å². The third-order valence-corrected chi connectivity index (χ3v) is 3.34. The lowest BCUT2D eigenvalue weighted by Gasteiger charge is -2.08. The summed E-state index contributed by atoms with van der Waals surface area (Å²) in [7, 11) is 0. The second kappa shape index (κ2) is 5.35. The van der Waals surface area contributed by atoms with Gasteiger partial charge in [0.05, 0.1) is 0 Å². The van der Waals surface area contributed by atoms with Gasteiger partial charge in [0.15, 0.2) is 5.78 Å². The molecule has 0 aliphatic carbocycles. The number of carbonyl (C=O) groups excluding carboxylic acids is 1. The highest BCUT2D eigenvalue weighted by Crippen LogP contribution is 2.16. The van der Waals surface area contributed by atoms with Gasteiger partial charge in [-0.1, -0.05) is 29.8 Å². The van der Waals surface area contributed by atoms with Crippen molar-refractivity contribution in [2.45, 2.75) is 27.2 Å².